The van der Waals surface area contributed by atoms with E-state index in [4.69, 9.17) is 0 Å². The standard InChI is InChI=1S/C18H26O4S2/c1-3-23-11-5-7-13-9-10-15(17(19)20)16(18(21)22)14(13)8-6-12-24-4-2/h9-10H,3-8,11-12H2,1-2H3,(H,19,20)(H,21,22). The third-order valence-electron chi connectivity index (χ3n) is 3.71. The summed E-state index contributed by atoms with van der Waals surface area (Å²) in [6.07, 6.45) is 3.24. The molecule has 0 aromatic heterocycles. The monoisotopic (exact) mass is 370 g/mol. The molecular formula is C18H26O4S2. The zero-order valence-electron chi connectivity index (χ0n) is 14.3. The molecule has 24 heavy (non-hydrogen) atoms. The summed E-state index contributed by atoms with van der Waals surface area (Å²) in [5, 5.41) is 18.9. The van der Waals surface area contributed by atoms with Crippen LogP contribution in [0.2, 0.25) is 0 Å². The van der Waals surface area contributed by atoms with E-state index in [-0.39, 0.29) is 11.1 Å². The van der Waals surface area contributed by atoms with Crippen LogP contribution in [0, 0.1) is 0 Å². The van der Waals surface area contributed by atoms with Crippen LogP contribution >= 0.6 is 23.5 Å². The Balaban J connectivity index is 3.08. The van der Waals surface area contributed by atoms with Crippen molar-refractivity contribution in [1.29, 1.82) is 0 Å². The Morgan fingerprint density at radius 2 is 1.50 bits per heavy atom. The molecule has 1 aromatic rings. The molecule has 0 atom stereocenters. The van der Waals surface area contributed by atoms with Gasteiger partial charge >= 0.3 is 11.9 Å². The molecule has 4 nitrogen and oxygen atoms in total. The topological polar surface area (TPSA) is 74.6 Å². The van der Waals surface area contributed by atoms with Crippen LogP contribution in [0.25, 0.3) is 0 Å². The van der Waals surface area contributed by atoms with Gasteiger partial charge in [0, 0.05) is 0 Å². The van der Waals surface area contributed by atoms with Crippen LogP contribution in [0.15, 0.2) is 12.1 Å². The lowest BCUT2D eigenvalue weighted by Gasteiger charge is -2.15. The van der Waals surface area contributed by atoms with E-state index in [0.29, 0.717) is 12.0 Å². The van der Waals surface area contributed by atoms with Gasteiger partial charge < -0.3 is 10.2 Å². The van der Waals surface area contributed by atoms with E-state index in [2.05, 4.69) is 13.8 Å². The fraction of sp³-hybridized carbons (Fsp3) is 0.556. The Hall–Kier alpha value is -1.14. The number of hydrogen-bond acceptors (Lipinski definition) is 4. The van der Waals surface area contributed by atoms with Gasteiger partial charge in [-0.15, -0.1) is 0 Å². The molecule has 0 saturated heterocycles. The predicted octanol–water partition coefficient (Wildman–Crippen LogP) is 4.45. The van der Waals surface area contributed by atoms with Crippen LogP contribution in [-0.4, -0.2) is 45.2 Å². The average Bonchev–Trinajstić information content (AvgIpc) is 2.55. The van der Waals surface area contributed by atoms with Crippen molar-refractivity contribution >= 4 is 35.5 Å². The Bertz CT molecular complexity index is 558. The van der Waals surface area contributed by atoms with Gasteiger partial charge in [-0.3, -0.25) is 0 Å². The van der Waals surface area contributed by atoms with E-state index >= 15 is 0 Å². The quantitative estimate of drug-likeness (QED) is 0.529. The van der Waals surface area contributed by atoms with Crippen molar-refractivity contribution < 1.29 is 19.8 Å². The van der Waals surface area contributed by atoms with Gasteiger partial charge in [0.15, 0.2) is 0 Å². The molecule has 2 N–H and O–H groups in total. The Morgan fingerprint density at radius 3 is 2.00 bits per heavy atom. The number of thioether (sulfide) groups is 2. The zero-order valence-corrected chi connectivity index (χ0v) is 16.0. The third kappa shape index (κ3) is 6.40. The largest absolute Gasteiger partial charge is 0.478 e. The molecular weight excluding hydrogens is 344 g/mol. The summed E-state index contributed by atoms with van der Waals surface area (Å²) in [4.78, 5) is 23.1. The lowest BCUT2D eigenvalue weighted by molar-refractivity contribution is 0.0650. The van der Waals surface area contributed by atoms with Gasteiger partial charge in [-0.1, -0.05) is 19.9 Å². The number of carbonyl (C=O) groups is 2. The Morgan fingerprint density at radius 1 is 0.917 bits per heavy atom. The molecule has 0 heterocycles. The van der Waals surface area contributed by atoms with Crippen molar-refractivity contribution in [2.75, 3.05) is 23.0 Å². The molecule has 0 saturated carbocycles. The van der Waals surface area contributed by atoms with Crippen molar-refractivity contribution in [1.82, 2.24) is 0 Å². The average molecular weight is 371 g/mol. The molecule has 0 unspecified atom stereocenters. The molecule has 0 aliphatic carbocycles. The summed E-state index contributed by atoms with van der Waals surface area (Å²) in [5.41, 5.74) is 1.56. The summed E-state index contributed by atoms with van der Waals surface area (Å²) >= 11 is 3.68. The van der Waals surface area contributed by atoms with Gasteiger partial charge in [-0.05, 0) is 65.9 Å². The Kier molecular flexibility index (Phi) is 9.95. The summed E-state index contributed by atoms with van der Waals surface area (Å²) in [6.45, 7) is 4.21. The van der Waals surface area contributed by atoms with E-state index < -0.39 is 11.9 Å². The summed E-state index contributed by atoms with van der Waals surface area (Å²) < 4.78 is 0. The van der Waals surface area contributed by atoms with E-state index in [1.54, 1.807) is 6.07 Å². The molecule has 0 aliphatic rings. The number of carboxylic acid groups (broad SMARTS) is 2. The first-order valence-electron chi connectivity index (χ1n) is 8.29. The van der Waals surface area contributed by atoms with Crippen LogP contribution in [0.1, 0.15) is 58.5 Å². The van der Waals surface area contributed by atoms with Crippen LogP contribution in [0.3, 0.4) is 0 Å². The molecule has 0 radical (unpaired) electrons. The zero-order chi connectivity index (χ0) is 17.9. The maximum Gasteiger partial charge on any atom is 0.336 e. The highest BCUT2D eigenvalue weighted by Crippen LogP contribution is 2.24. The second kappa shape index (κ2) is 11.4. The van der Waals surface area contributed by atoms with E-state index in [1.807, 2.05) is 23.5 Å². The molecule has 6 heteroatoms. The molecule has 0 amide bonds. The molecule has 134 valence electrons. The smallest absolute Gasteiger partial charge is 0.336 e. The highest BCUT2D eigenvalue weighted by molar-refractivity contribution is 7.99. The first-order valence-corrected chi connectivity index (χ1v) is 10.6. The minimum Gasteiger partial charge on any atom is -0.478 e. The van der Waals surface area contributed by atoms with Crippen LogP contribution < -0.4 is 0 Å². The predicted molar refractivity (Wildman–Crippen MR) is 103 cm³/mol. The van der Waals surface area contributed by atoms with Crippen LogP contribution in [0.5, 0.6) is 0 Å². The number of aryl methyl sites for hydroxylation is 1. The normalized spacial score (nSPS) is 10.8. The summed E-state index contributed by atoms with van der Waals surface area (Å²) in [5.74, 6) is 1.77. The molecule has 0 aliphatic heterocycles. The van der Waals surface area contributed by atoms with Gasteiger partial charge in [0.2, 0.25) is 0 Å². The summed E-state index contributed by atoms with van der Waals surface area (Å²) in [7, 11) is 0. The third-order valence-corrected chi connectivity index (χ3v) is 5.68. The maximum absolute atomic E-state index is 11.7. The minimum atomic E-state index is -1.18. The molecule has 0 fully saturated rings. The highest BCUT2D eigenvalue weighted by Gasteiger charge is 2.22. The van der Waals surface area contributed by atoms with Crippen LogP contribution in [0.4, 0.5) is 0 Å². The number of hydrogen-bond donors (Lipinski definition) is 2. The van der Waals surface area contributed by atoms with Gasteiger partial charge in [0.1, 0.15) is 0 Å². The van der Waals surface area contributed by atoms with E-state index in [9.17, 15) is 19.8 Å². The molecule has 1 rings (SSSR count). The summed E-state index contributed by atoms with van der Waals surface area (Å²) in [6, 6.07) is 3.24. The lowest BCUT2D eigenvalue weighted by Crippen LogP contribution is -2.14. The minimum absolute atomic E-state index is 0.0235. The first kappa shape index (κ1) is 20.9. The molecule has 1 aromatic carbocycles. The van der Waals surface area contributed by atoms with Gasteiger partial charge in [-0.25, -0.2) is 9.59 Å². The van der Waals surface area contributed by atoms with Gasteiger partial charge in [-0.2, -0.15) is 23.5 Å². The van der Waals surface area contributed by atoms with Crippen molar-refractivity contribution in [3.63, 3.8) is 0 Å². The SMILES string of the molecule is CCSCCCc1ccc(C(=O)O)c(C(=O)O)c1CCCSCC. The maximum atomic E-state index is 11.7. The van der Waals surface area contributed by atoms with Crippen molar-refractivity contribution in [2.24, 2.45) is 0 Å². The highest BCUT2D eigenvalue weighted by atomic mass is 32.2. The number of aromatic carboxylic acids is 2. The van der Waals surface area contributed by atoms with E-state index in [1.165, 1.54) is 6.07 Å². The fourth-order valence-electron chi connectivity index (χ4n) is 2.64. The lowest BCUT2D eigenvalue weighted by atomic mass is 9.91. The fourth-order valence-corrected chi connectivity index (χ4v) is 3.91. The number of benzene rings is 1. The number of rotatable bonds is 12. The molecule has 0 spiro atoms. The van der Waals surface area contributed by atoms with Crippen LogP contribution in [-0.2, 0) is 12.8 Å². The number of carboxylic acids is 2. The van der Waals surface area contributed by atoms with Crippen molar-refractivity contribution in [2.45, 2.75) is 39.5 Å². The van der Waals surface area contributed by atoms with Gasteiger partial charge in [0.05, 0.1) is 11.1 Å². The first-order chi connectivity index (χ1) is 11.5. The second-order valence-electron chi connectivity index (χ2n) is 5.34. The van der Waals surface area contributed by atoms with E-state index in [0.717, 1.165) is 47.8 Å². The molecule has 0 bridgehead atoms. The van der Waals surface area contributed by atoms with Gasteiger partial charge in [0.25, 0.3) is 0 Å². The van der Waals surface area contributed by atoms with Crippen molar-refractivity contribution in [3.05, 3.63) is 34.4 Å². The second-order valence-corrected chi connectivity index (χ2v) is 8.12. The Labute approximate surface area is 152 Å². The van der Waals surface area contributed by atoms with Crippen molar-refractivity contribution in [3.8, 4) is 0 Å².